The Morgan fingerprint density at radius 3 is 2.59 bits per heavy atom. The van der Waals surface area contributed by atoms with Gasteiger partial charge in [0.05, 0.1) is 5.69 Å². The fourth-order valence-electron chi connectivity index (χ4n) is 1.35. The lowest BCUT2D eigenvalue weighted by Gasteiger charge is -1.96. The van der Waals surface area contributed by atoms with Gasteiger partial charge in [0.25, 0.3) is 0 Å². The van der Waals surface area contributed by atoms with Crippen molar-refractivity contribution >= 4 is 5.97 Å². The second-order valence-electron chi connectivity index (χ2n) is 3.37. The minimum Gasteiger partial charge on any atom is -0.475 e. The Balaban J connectivity index is 2.50. The number of carbonyl (C=O) groups is 1. The van der Waals surface area contributed by atoms with Crippen LogP contribution in [0, 0.1) is 18.6 Å². The molecule has 0 saturated carbocycles. The first-order valence-corrected chi connectivity index (χ1v) is 4.65. The van der Waals surface area contributed by atoms with Crippen LogP contribution in [0.1, 0.15) is 16.2 Å². The van der Waals surface area contributed by atoms with Crippen LogP contribution in [0.3, 0.4) is 0 Å². The molecule has 2 aromatic rings. The standard InChI is InChI=1S/C11H7F2NO3/c1-5-9(11(15)16)17-10(14-5)6-2-3-7(12)8(13)4-6/h2-4H,1H3,(H,15,16). The van der Waals surface area contributed by atoms with E-state index in [1.165, 1.54) is 13.0 Å². The Kier molecular flexibility index (Phi) is 2.63. The molecule has 0 aliphatic heterocycles. The fraction of sp³-hybridized carbons (Fsp3) is 0.0909. The fourth-order valence-corrected chi connectivity index (χ4v) is 1.35. The summed E-state index contributed by atoms with van der Waals surface area (Å²) in [7, 11) is 0. The van der Waals surface area contributed by atoms with Gasteiger partial charge in [0.1, 0.15) is 0 Å². The highest BCUT2D eigenvalue weighted by molar-refractivity contribution is 5.86. The number of oxazole rings is 1. The summed E-state index contributed by atoms with van der Waals surface area (Å²) in [6.07, 6.45) is 0. The third-order valence-electron chi connectivity index (χ3n) is 2.16. The number of hydrogen-bond donors (Lipinski definition) is 1. The van der Waals surface area contributed by atoms with Crippen LogP contribution in [0.5, 0.6) is 0 Å². The minimum absolute atomic E-state index is 0.0567. The summed E-state index contributed by atoms with van der Waals surface area (Å²) in [4.78, 5) is 14.6. The number of benzene rings is 1. The molecule has 17 heavy (non-hydrogen) atoms. The van der Waals surface area contributed by atoms with Gasteiger partial charge in [-0.05, 0) is 25.1 Å². The molecule has 0 saturated heterocycles. The van der Waals surface area contributed by atoms with Gasteiger partial charge < -0.3 is 9.52 Å². The number of rotatable bonds is 2. The van der Waals surface area contributed by atoms with Crippen molar-refractivity contribution in [3.63, 3.8) is 0 Å². The lowest BCUT2D eigenvalue weighted by molar-refractivity contribution is 0.0662. The summed E-state index contributed by atoms with van der Waals surface area (Å²) in [5.41, 5.74) is 0.358. The van der Waals surface area contributed by atoms with Crippen molar-refractivity contribution in [1.29, 1.82) is 0 Å². The zero-order valence-electron chi connectivity index (χ0n) is 8.70. The van der Waals surface area contributed by atoms with Gasteiger partial charge in [-0.15, -0.1) is 0 Å². The van der Waals surface area contributed by atoms with E-state index in [0.717, 1.165) is 12.1 Å². The molecular formula is C11H7F2NO3. The van der Waals surface area contributed by atoms with Gasteiger partial charge in [-0.2, -0.15) is 0 Å². The molecule has 1 aromatic heterocycles. The van der Waals surface area contributed by atoms with Crippen LogP contribution in [0.4, 0.5) is 8.78 Å². The molecular weight excluding hydrogens is 232 g/mol. The predicted molar refractivity (Wildman–Crippen MR) is 53.6 cm³/mol. The molecule has 0 aliphatic rings. The Morgan fingerprint density at radius 2 is 2.06 bits per heavy atom. The summed E-state index contributed by atoms with van der Waals surface area (Å²) in [5, 5.41) is 8.76. The molecule has 6 heteroatoms. The Morgan fingerprint density at radius 1 is 1.35 bits per heavy atom. The van der Waals surface area contributed by atoms with Crippen molar-refractivity contribution in [2.24, 2.45) is 0 Å². The topological polar surface area (TPSA) is 63.3 Å². The van der Waals surface area contributed by atoms with Crippen molar-refractivity contribution < 1.29 is 23.1 Å². The van der Waals surface area contributed by atoms with E-state index >= 15 is 0 Å². The highest BCUT2D eigenvalue weighted by Crippen LogP contribution is 2.23. The van der Waals surface area contributed by atoms with Crippen molar-refractivity contribution in [3.8, 4) is 11.5 Å². The number of carboxylic acids is 1. The molecule has 2 rings (SSSR count). The van der Waals surface area contributed by atoms with Crippen LogP contribution in [0.2, 0.25) is 0 Å². The number of aromatic nitrogens is 1. The number of aromatic carboxylic acids is 1. The first-order valence-electron chi connectivity index (χ1n) is 4.65. The van der Waals surface area contributed by atoms with E-state index in [2.05, 4.69) is 4.98 Å². The van der Waals surface area contributed by atoms with Crippen molar-refractivity contribution in [3.05, 3.63) is 41.3 Å². The summed E-state index contributed by atoms with van der Waals surface area (Å²) >= 11 is 0. The van der Waals surface area contributed by atoms with Crippen LogP contribution in [-0.2, 0) is 0 Å². The van der Waals surface area contributed by atoms with Crippen molar-refractivity contribution in [2.45, 2.75) is 6.92 Å². The van der Waals surface area contributed by atoms with Crippen LogP contribution >= 0.6 is 0 Å². The SMILES string of the molecule is Cc1nc(-c2ccc(F)c(F)c2)oc1C(=O)O. The second kappa shape index (κ2) is 3.97. The average Bonchev–Trinajstić information content (AvgIpc) is 2.64. The molecule has 0 amide bonds. The minimum atomic E-state index is -1.26. The van der Waals surface area contributed by atoms with Gasteiger partial charge in [-0.3, -0.25) is 0 Å². The van der Waals surface area contributed by atoms with Gasteiger partial charge in [-0.25, -0.2) is 18.6 Å². The van der Waals surface area contributed by atoms with Gasteiger partial charge in [0.15, 0.2) is 11.6 Å². The molecule has 0 unspecified atom stereocenters. The van der Waals surface area contributed by atoms with Crippen LogP contribution in [0.25, 0.3) is 11.5 Å². The van der Waals surface area contributed by atoms with E-state index in [1.807, 2.05) is 0 Å². The van der Waals surface area contributed by atoms with E-state index in [1.54, 1.807) is 0 Å². The molecule has 1 N–H and O–H groups in total. The van der Waals surface area contributed by atoms with E-state index in [-0.39, 0.29) is 22.9 Å². The molecule has 88 valence electrons. The maximum absolute atomic E-state index is 13.0. The highest BCUT2D eigenvalue weighted by atomic mass is 19.2. The number of nitrogens with zero attached hydrogens (tertiary/aromatic N) is 1. The van der Waals surface area contributed by atoms with Crippen molar-refractivity contribution in [1.82, 2.24) is 4.98 Å². The molecule has 0 bridgehead atoms. The number of aryl methyl sites for hydroxylation is 1. The predicted octanol–water partition coefficient (Wildman–Crippen LogP) is 2.63. The molecule has 0 fully saturated rings. The first-order chi connectivity index (χ1) is 7.99. The molecule has 0 spiro atoms. The van der Waals surface area contributed by atoms with Gasteiger partial charge in [0, 0.05) is 5.56 Å². The van der Waals surface area contributed by atoms with E-state index in [0.29, 0.717) is 0 Å². The van der Waals surface area contributed by atoms with Gasteiger partial charge >= 0.3 is 5.97 Å². The monoisotopic (exact) mass is 239 g/mol. The molecule has 1 aromatic carbocycles. The van der Waals surface area contributed by atoms with E-state index in [9.17, 15) is 13.6 Å². The molecule has 1 heterocycles. The first kappa shape index (κ1) is 11.3. The van der Waals surface area contributed by atoms with E-state index < -0.39 is 17.6 Å². The third kappa shape index (κ3) is 2.01. The van der Waals surface area contributed by atoms with Crippen LogP contribution in [0.15, 0.2) is 22.6 Å². The smallest absolute Gasteiger partial charge is 0.373 e. The van der Waals surface area contributed by atoms with E-state index in [4.69, 9.17) is 9.52 Å². The molecule has 0 aliphatic carbocycles. The zero-order valence-corrected chi connectivity index (χ0v) is 8.70. The number of carboxylic acid groups (broad SMARTS) is 1. The average molecular weight is 239 g/mol. The maximum Gasteiger partial charge on any atom is 0.373 e. The third-order valence-corrected chi connectivity index (χ3v) is 2.16. The normalized spacial score (nSPS) is 10.5. The maximum atomic E-state index is 13.0. The van der Waals surface area contributed by atoms with Crippen LogP contribution < -0.4 is 0 Å². The molecule has 4 nitrogen and oxygen atoms in total. The zero-order chi connectivity index (χ0) is 12.6. The largest absolute Gasteiger partial charge is 0.475 e. The summed E-state index contributed by atoms with van der Waals surface area (Å²) in [6.45, 7) is 1.45. The molecule has 0 radical (unpaired) electrons. The van der Waals surface area contributed by atoms with Crippen LogP contribution in [-0.4, -0.2) is 16.1 Å². The molecule has 0 atom stereocenters. The van der Waals surface area contributed by atoms with Crippen molar-refractivity contribution in [2.75, 3.05) is 0 Å². The summed E-state index contributed by atoms with van der Waals surface area (Å²) < 4.78 is 30.6. The summed E-state index contributed by atoms with van der Waals surface area (Å²) in [5.74, 6) is -3.67. The quantitative estimate of drug-likeness (QED) is 0.874. The Bertz CT molecular complexity index is 592. The lowest BCUT2D eigenvalue weighted by Crippen LogP contribution is -1.95. The van der Waals surface area contributed by atoms with Gasteiger partial charge in [0.2, 0.25) is 11.7 Å². The summed E-state index contributed by atoms with van der Waals surface area (Å²) in [6, 6.07) is 3.08. The Labute approximate surface area is 94.5 Å². The Hall–Kier alpha value is -2.24. The lowest BCUT2D eigenvalue weighted by atomic mass is 10.2. The number of halogens is 2. The highest BCUT2D eigenvalue weighted by Gasteiger charge is 2.17. The number of hydrogen-bond acceptors (Lipinski definition) is 3. The second-order valence-corrected chi connectivity index (χ2v) is 3.37. The van der Waals surface area contributed by atoms with Gasteiger partial charge in [-0.1, -0.05) is 0 Å².